The summed E-state index contributed by atoms with van der Waals surface area (Å²) in [4.78, 5) is 21.9. The van der Waals surface area contributed by atoms with Gasteiger partial charge in [-0.2, -0.15) is 0 Å². The molecule has 0 aliphatic carbocycles. The molecule has 4 rings (SSSR count). The van der Waals surface area contributed by atoms with Crippen molar-refractivity contribution in [2.24, 2.45) is 0 Å². The highest BCUT2D eigenvalue weighted by Crippen LogP contribution is 2.25. The van der Waals surface area contributed by atoms with Crippen molar-refractivity contribution in [3.63, 3.8) is 0 Å². The monoisotopic (exact) mass is 363 g/mol. The summed E-state index contributed by atoms with van der Waals surface area (Å²) >= 11 is 0. The highest BCUT2D eigenvalue weighted by atomic mass is 16.6. The minimum absolute atomic E-state index is 0.102. The Morgan fingerprint density at radius 2 is 1.89 bits per heavy atom. The lowest BCUT2D eigenvalue weighted by atomic mass is 10.1. The number of furan rings is 1. The third-order valence-electron chi connectivity index (χ3n) is 4.02. The molecule has 0 aliphatic rings. The molecule has 0 bridgehead atoms. The summed E-state index contributed by atoms with van der Waals surface area (Å²) in [5, 5.41) is 19.3. The normalized spacial score (nSPS) is 10.8. The fourth-order valence-corrected chi connectivity index (χ4v) is 2.68. The molecule has 8 heteroatoms. The zero-order chi connectivity index (χ0) is 18.8. The second kappa shape index (κ2) is 6.75. The zero-order valence-corrected chi connectivity index (χ0v) is 13.9. The number of nitrogens with one attached hydrogen (secondary N) is 1. The first-order valence-electron chi connectivity index (χ1n) is 8.07. The first-order chi connectivity index (χ1) is 13.1. The molecule has 0 radical (unpaired) electrons. The number of aromatic nitrogens is 1. The van der Waals surface area contributed by atoms with Crippen molar-refractivity contribution in [3.05, 3.63) is 82.2 Å². The van der Waals surface area contributed by atoms with Gasteiger partial charge in [-0.05, 0) is 22.9 Å². The Morgan fingerprint density at radius 3 is 2.67 bits per heavy atom. The molecule has 0 unspecified atom stereocenters. The molecule has 134 valence electrons. The SMILES string of the molecule is O=C(NCc1cc(-c2ccc3ccccc3c2)on1)c1ccc([N+](=O)[O-])o1. The number of amides is 1. The second-order valence-electron chi connectivity index (χ2n) is 5.82. The van der Waals surface area contributed by atoms with Gasteiger partial charge in [-0.3, -0.25) is 14.9 Å². The lowest BCUT2D eigenvalue weighted by Gasteiger charge is -2.00. The quantitative estimate of drug-likeness (QED) is 0.425. The van der Waals surface area contributed by atoms with Crippen LogP contribution in [0.2, 0.25) is 0 Å². The number of carbonyl (C=O) groups is 1. The van der Waals surface area contributed by atoms with E-state index in [1.807, 2.05) is 42.5 Å². The maximum Gasteiger partial charge on any atom is 0.433 e. The van der Waals surface area contributed by atoms with Crippen molar-refractivity contribution < 1.29 is 18.7 Å². The Morgan fingerprint density at radius 1 is 1.07 bits per heavy atom. The standard InChI is InChI=1S/C19H13N3O5/c23-19(16-7-8-18(26-16)22(24)25)20-11-15-10-17(27-21-15)14-6-5-12-3-1-2-4-13(12)9-14/h1-10H,11H2,(H,20,23). The zero-order valence-electron chi connectivity index (χ0n) is 13.9. The lowest BCUT2D eigenvalue weighted by Crippen LogP contribution is -2.22. The number of nitro groups is 1. The van der Waals surface area contributed by atoms with E-state index < -0.39 is 16.7 Å². The molecule has 0 saturated heterocycles. The summed E-state index contributed by atoms with van der Waals surface area (Å²) in [6.07, 6.45) is 0. The highest BCUT2D eigenvalue weighted by molar-refractivity contribution is 5.91. The molecule has 1 N–H and O–H groups in total. The largest absolute Gasteiger partial charge is 0.433 e. The number of nitrogens with zero attached hydrogens (tertiary/aromatic N) is 2. The van der Waals surface area contributed by atoms with Gasteiger partial charge >= 0.3 is 5.88 Å². The molecule has 0 atom stereocenters. The van der Waals surface area contributed by atoms with Crippen LogP contribution in [0.3, 0.4) is 0 Å². The highest BCUT2D eigenvalue weighted by Gasteiger charge is 2.17. The molecule has 4 aromatic rings. The Kier molecular flexibility index (Phi) is 4.13. The summed E-state index contributed by atoms with van der Waals surface area (Å²) in [6, 6.07) is 18.0. The van der Waals surface area contributed by atoms with Gasteiger partial charge < -0.3 is 14.3 Å². The van der Waals surface area contributed by atoms with Crippen LogP contribution in [0, 0.1) is 10.1 Å². The van der Waals surface area contributed by atoms with Crippen molar-refractivity contribution in [1.29, 1.82) is 0 Å². The summed E-state index contributed by atoms with van der Waals surface area (Å²) in [7, 11) is 0. The second-order valence-corrected chi connectivity index (χ2v) is 5.82. The smallest absolute Gasteiger partial charge is 0.395 e. The topological polar surface area (TPSA) is 111 Å². The van der Waals surface area contributed by atoms with Crippen molar-refractivity contribution >= 4 is 22.6 Å². The van der Waals surface area contributed by atoms with Gasteiger partial charge in [0, 0.05) is 11.6 Å². The van der Waals surface area contributed by atoms with Crippen LogP contribution in [0.5, 0.6) is 0 Å². The molecule has 0 aliphatic heterocycles. The van der Waals surface area contributed by atoms with Crippen LogP contribution in [0.25, 0.3) is 22.1 Å². The fraction of sp³-hybridized carbons (Fsp3) is 0.0526. The van der Waals surface area contributed by atoms with Crippen LogP contribution in [0.4, 0.5) is 5.88 Å². The van der Waals surface area contributed by atoms with E-state index in [4.69, 9.17) is 8.94 Å². The molecule has 2 aromatic carbocycles. The van der Waals surface area contributed by atoms with Gasteiger partial charge in [0.25, 0.3) is 5.91 Å². The van der Waals surface area contributed by atoms with Gasteiger partial charge in [-0.1, -0.05) is 41.6 Å². The van der Waals surface area contributed by atoms with Gasteiger partial charge in [0.05, 0.1) is 12.6 Å². The van der Waals surface area contributed by atoms with E-state index in [9.17, 15) is 14.9 Å². The molecule has 2 aromatic heterocycles. The van der Waals surface area contributed by atoms with Gasteiger partial charge in [0.15, 0.2) is 11.5 Å². The van der Waals surface area contributed by atoms with E-state index in [-0.39, 0.29) is 12.3 Å². The number of rotatable bonds is 5. The van der Waals surface area contributed by atoms with E-state index in [0.717, 1.165) is 22.4 Å². The van der Waals surface area contributed by atoms with Crippen LogP contribution in [-0.2, 0) is 6.54 Å². The van der Waals surface area contributed by atoms with Gasteiger partial charge in [-0.15, -0.1) is 0 Å². The number of hydrogen-bond donors (Lipinski definition) is 1. The predicted molar refractivity (Wildman–Crippen MR) is 96.0 cm³/mol. The number of hydrogen-bond acceptors (Lipinski definition) is 6. The predicted octanol–water partition coefficient (Wildman–Crippen LogP) is 3.93. The van der Waals surface area contributed by atoms with Crippen LogP contribution >= 0.6 is 0 Å². The van der Waals surface area contributed by atoms with Crippen LogP contribution < -0.4 is 5.32 Å². The fourth-order valence-electron chi connectivity index (χ4n) is 2.68. The van der Waals surface area contributed by atoms with Crippen molar-refractivity contribution in [3.8, 4) is 11.3 Å². The van der Waals surface area contributed by atoms with Crippen LogP contribution in [-0.4, -0.2) is 16.0 Å². The molecular weight excluding hydrogens is 350 g/mol. The Labute approximate surface area is 152 Å². The number of fused-ring (bicyclic) bond motifs is 1. The van der Waals surface area contributed by atoms with E-state index in [1.54, 1.807) is 6.07 Å². The van der Waals surface area contributed by atoms with Crippen molar-refractivity contribution in [1.82, 2.24) is 10.5 Å². The Balaban J connectivity index is 1.45. The number of benzene rings is 2. The summed E-state index contributed by atoms with van der Waals surface area (Å²) in [5.41, 5.74) is 1.40. The Bertz CT molecular complexity index is 1140. The Hall–Kier alpha value is -3.94. The maximum absolute atomic E-state index is 12.0. The minimum Gasteiger partial charge on any atom is -0.395 e. The summed E-state index contributed by atoms with van der Waals surface area (Å²) in [6.45, 7) is 0.102. The average Bonchev–Trinajstić information content (AvgIpc) is 3.35. The van der Waals surface area contributed by atoms with E-state index in [1.165, 1.54) is 6.07 Å². The first-order valence-corrected chi connectivity index (χ1v) is 8.07. The van der Waals surface area contributed by atoms with Crippen molar-refractivity contribution in [2.45, 2.75) is 6.54 Å². The van der Waals surface area contributed by atoms with Crippen molar-refractivity contribution in [2.75, 3.05) is 0 Å². The molecule has 8 nitrogen and oxygen atoms in total. The molecule has 27 heavy (non-hydrogen) atoms. The van der Waals surface area contributed by atoms with E-state index in [0.29, 0.717) is 11.5 Å². The molecule has 0 spiro atoms. The van der Waals surface area contributed by atoms with E-state index >= 15 is 0 Å². The van der Waals surface area contributed by atoms with Crippen LogP contribution in [0.15, 0.2) is 69.6 Å². The maximum atomic E-state index is 12.0. The minimum atomic E-state index is -0.704. The molecule has 0 fully saturated rings. The molecule has 1 amide bonds. The molecule has 0 saturated carbocycles. The van der Waals surface area contributed by atoms with E-state index in [2.05, 4.69) is 10.5 Å². The number of carbonyl (C=O) groups excluding carboxylic acids is 1. The molecule has 2 heterocycles. The van der Waals surface area contributed by atoms with Gasteiger partial charge in [-0.25, -0.2) is 0 Å². The summed E-state index contributed by atoms with van der Waals surface area (Å²) in [5.74, 6) is -0.614. The average molecular weight is 363 g/mol. The lowest BCUT2D eigenvalue weighted by molar-refractivity contribution is -0.402. The van der Waals surface area contributed by atoms with Gasteiger partial charge in [0.1, 0.15) is 10.6 Å². The molecular formula is C19H13N3O5. The van der Waals surface area contributed by atoms with Gasteiger partial charge in [0.2, 0.25) is 0 Å². The first kappa shape index (κ1) is 16.5. The third-order valence-corrected chi connectivity index (χ3v) is 4.02. The van der Waals surface area contributed by atoms with Crippen LogP contribution in [0.1, 0.15) is 16.2 Å². The summed E-state index contributed by atoms with van der Waals surface area (Å²) < 4.78 is 10.2. The third kappa shape index (κ3) is 3.40.